The molecule has 0 spiro atoms. The van der Waals surface area contributed by atoms with E-state index in [0.29, 0.717) is 31.0 Å². The SMILES string of the molecule is CC1CC(C(=O)O)CN(C(=O)C2(Cc3ccccc3Cl)CC2)C1. The fourth-order valence-corrected chi connectivity index (χ4v) is 3.86. The number of amides is 1. The molecule has 1 aliphatic carbocycles. The summed E-state index contributed by atoms with van der Waals surface area (Å²) in [7, 11) is 0. The van der Waals surface area contributed by atoms with Gasteiger partial charge in [0, 0.05) is 18.1 Å². The van der Waals surface area contributed by atoms with Gasteiger partial charge in [0.25, 0.3) is 0 Å². The van der Waals surface area contributed by atoms with Crippen molar-refractivity contribution in [2.75, 3.05) is 13.1 Å². The van der Waals surface area contributed by atoms with Crippen molar-refractivity contribution >= 4 is 23.5 Å². The van der Waals surface area contributed by atoms with Gasteiger partial charge in [-0.1, -0.05) is 36.7 Å². The zero-order valence-corrected chi connectivity index (χ0v) is 14.1. The Morgan fingerprint density at radius 1 is 1.30 bits per heavy atom. The number of rotatable bonds is 4. The standard InChI is InChI=1S/C18H22ClNO3/c1-12-8-14(16(21)22)11-20(10-12)17(23)18(6-7-18)9-13-4-2-3-5-15(13)19/h2-5,12,14H,6-11H2,1H3,(H,21,22). The molecule has 1 aromatic rings. The molecule has 2 aliphatic rings. The van der Waals surface area contributed by atoms with E-state index in [1.165, 1.54) is 0 Å². The number of hydrogen-bond donors (Lipinski definition) is 1. The lowest BCUT2D eigenvalue weighted by Crippen LogP contribution is -2.48. The summed E-state index contributed by atoms with van der Waals surface area (Å²) >= 11 is 6.23. The van der Waals surface area contributed by atoms with Gasteiger partial charge in [-0.05, 0) is 43.2 Å². The number of carboxylic acid groups (broad SMARTS) is 1. The second-order valence-corrected chi connectivity index (χ2v) is 7.54. The van der Waals surface area contributed by atoms with Gasteiger partial charge in [0.05, 0.1) is 11.3 Å². The van der Waals surface area contributed by atoms with Gasteiger partial charge in [-0.3, -0.25) is 9.59 Å². The van der Waals surface area contributed by atoms with Crippen LogP contribution in [0.3, 0.4) is 0 Å². The molecule has 1 saturated heterocycles. The van der Waals surface area contributed by atoms with Crippen LogP contribution in [0.15, 0.2) is 24.3 Å². The molecular weight excluding hydrogens is 314 g/mol. The first-order valence-corrected chi connectivity index (χ1v) is 8.55. The zero-order chi connectivity index (χ0) is 16.6. The summed E-state index contributed by atoms with van der Waals surface area (Å²) in [5.41, 5.74) is 0.630. The van der Waals surface area contributed by atoms with Crippen LogP contribution in [0.5, 0.6) is 0 Å². The summed E-state index contributed by atoms with van der Waals surface area (Å²) in [6, 6.07) is 7.64. The Kier molecular flexibility index (Phi) is 4.37. The Bertz CT molecular complexity index is 626. The highest BCUT2D eigenvalue weighted by atomic mass is 35.5. The van der Waals surface area contributed by atoms with E-state index in [9.17, 15) is 14.7 Å². The van der Waals surface area contributed by atoms with Gasteiger partial charge in [-0.25, -0.2) is 0 Å². The highest BCUT2D eigenvalue weighted by Gasteiger charge is 2.52. The molecule has 1 aromatic carbocycles. The van der Waals surface area contributed by atoms with E-state index in [4.69, 9.17) is 11.6 Å². The van der Waals surface area contributed by atoms with Crippen molar-refractivity contribution in [3.05, 3.63) is 34.9 Å². The largest absolute Gasteiger partial charge is 0.481 e. The molecule has 2 unspecified atom stereocenters. The van der Waals surface area contributed by atoms with E-state index in [1.54, 1.807) is 4.90 Å². The number of piperidine rings is 1. The van der Waals surface area contributed by atoms with Gasteiger partial charge in [0.2, 0.25) is 5.91 Å². The van der Waals surface area contributed by atoms with Crippen LogP contribution in [0.4, 0.5) is 0 Å². The Hall–Kier alpha value is -1.55. The summed E-state index contributed by atoms with van der Waals surface area (Å²) in [5, 5.41) is 9.99. The lowest BCUT2D eigenvalue weighted by Gasteiger charge is -2.37. The van der Waals surface area contributed by atoms with Crippen molar-refractivity contribution in [2.45, 2.75) is 32.6 Å². The topological polar surface area (TPSA) is 57.6 Å². The minimum Gasteiger partial charge on any atom is -0.481 e. The van der Waals surface area contributed by atoms with Crippen LogP contribution >= 0.6 is 11.6 Å². The minimum absolute atomic E-state index is 0.107. The quantitative estimate of drug-likeness (QED) is 0.919. The van der Waals surface area contributed by atoms with Crippen LogP contribution in [0.25, 0.3) is 0 Å². The van der Waals surface area contributed by atoms with Crippen molar-refractivity contribution in [3.63, 3.8) is 0 Å². The lowest BCUT2D eigenvalue weighted by molar-refractivity contribution is -0.148. The number of hydrogen-bond acceptors (Lipinski definition) is 2. The molecule has 1 heterocycles. The van der Waals surface area contributed by atoms with Gasteiger partial charge in [0.1, 0.15) is 0 Å². The predicted molar refractivity (Wildman–Crippen MR) is 88.3 cm³/mol. The third-order valence-electron chi connectivity index (χ3n) is 5.09. The second kappa shape index (κ2) is 6.16. The van der Waals surface area contributed by atoms with Crippen molar-refractivity contribution in [2.24, 2.45) is 17.3 Å². The highest BCUT2D eigenvalue weighted by molar-refractivity contribution is 6.31. The van der Waals surface area contributed by atoms with E-state index < -0.39 is 11.9 Å². The molecule has 5 heteroatoms. The zero-order valence-electron chi connectivity index (χ0n) is 13.3. The van der Waals surface area contributed by atoms with Crippen LogP contribution < -0.4 is 0 Å². The van der Waals surface area contributed by atoms with E-state index in [-0.39, 0.29) is 17.2 Å². The summed E-state index contributed by atoms with van der Waals surface area (Å²) in [6.07, 6.45) is 3.02. The molecule has 4 nitrogen and oxygen atoms in total. The normalized spacial score (nSPS) is 25.9. The van der Waals surface area contributed by atoms with E-state index >= 15 is 0 Å². The molecule has 3 rings (SSSR count). The number of halogens is 1. The maximum Gasteiger partial charge on any atom is 0.308 e. The summed E-state index contributed by atoms with van der Waals surface area (Å²) in [6.45, 7) is 3.01. The van der Waals surface area contributed by atoms with Crippen LogP contribution in [0, 0.1) is 17.3 Å². The molecule has 0 radical (unpaired) electrons. The molecule has 1 saturated carbocycles. The monoisotopic (exact) mass is 335 g/mol. The molecule has 1 amide bonds. The summed E-state index contributed by atoms with van der Waals surface area (Å²) < 4.78 is 0. The first kappa shape index (κ1) is 16.3. The molecule has 0 bridgehead atoms. The number of carboxylic acids is 1. The first-order valence-electron chi connectivity index (χ1n) is 8.17. The minimum atomic E-state index is -0.801. The smallest absolute Gasteiger partial charge is 0.308 e. The van der Waals surface area contributed by atoms with Crippen molar-refractivity contribution < 1.29 is 14.7 Å². The second-order valence-electron chi connectivity index (χ2n) is 7.13. The predicted octanol–water partition coefficient (Wildman–Crippen LogP) is 3.23. The average molecular weight is 336 g/mol. The molecule has 124 valence electrons. The number of nitrogens with zero attached hydrogens (tertiary/aromatic N) is 1. The van der Waals surface area contributed by atoms with E-state index in [0.717, 1.165) is 18.4 Å². The molecule has 1 N–H and O–H groups in total. The van der Waals surface area contributed by atoms with E-state index in [1.807, 2.05) is 31.2 Å². The van der Waals surface area contributed by atoms with Crippen LogP contribution in [0.1, 0.15) is 31.7 Å². The van der Waals surface area contributed by atoms with Gasteiger partial charge in [0.15, 0.2) is 0 Å². The average Bonchev–Trinajstić information content (AvgIpc) is 3.29. The Balaban J connectivity index is 1.74. The fourth-order valence-electron chi connectivity index (χ4n) is 3.66. The number of carbonyl (C=O) groups is 2. The van der Waals surface area contributed by atoms with Crippen LogP contribution in [-0.4, -0.2) is 35.0 Å². The number of aliphatic carboxylic acids is 1. The van der Waals surface area contributed by atoms with Crippen molar-refractivity contribution in [1.29, 1.82) is 0 Å². The molecule has 2 fully saturated rings. The maximum atomic E-state index is 13.0. The summed E-state index contributed by atoms with van der Waals surface area (Å²) in [4.78, 5) is 26.1. The molecule has 23 heavy (non-hydrogen) atoms. The number of carbonyl (C=O) groups excluding carboxylic acids is 1. The molecule has 1 aliphatic heterocycles. The molecular formula is C18H22ClNO3. The van der Waals surface area contributed by atoms with Gasteiger partial charge < -0.3 is 10.0 Å². The fraction of sp³-hybridized carbons (Fsp3) is 0.556. The third kappa shape index (κ3) is 3.37. The number of likely N-dealkylation sites (tertiary alicyclic amines) is 1. The first-order chi connectivity index (χ1) is 10.9. The van der Waals surface area contributed by atoms with Gasteiger partial charge in [-0.2, -0.15) is 0 Å². The highest BCUT2D eigenvalue weighted by Crippen LogP contribution is 2.51. The van der Waals surface area contributed by atoms with Crippen LogP contribution in [0.2, 0.25) is 5.02 Å². The molecule has 0 aromatic heterocycles. The Morgan fingerprint density at radius 2 is 2.00 bits per heavy atom. The summed E-state index contributed by atoms with van der Waals surface area (Å²) in [5.74, 6) is -0.913. The number of benzene rings is 1. The maximum absolute atomic E-state index is 13.0. The van der Waals surface area contributed by atoms with E-state index in [2.05, 4.69) is 0 Å². The Labute approximate surface area is 141 Å². The van der Waals surface area contributed by atoms with Gasteiger partial charge >= 0.3 is 5.97 Å². The van der Waals surface area contributed by atoms with Crippen LogP contribution in [-0.2, 0) is 16.0 Å². The molecule has 2 atom stereocenters. The van der Waals surface area contributed by atoms with Gasteiger partial charge in [-0.15, -0.1) is 0 Å². The lowest BCUT2D eigenvalue weighted by atomic mass is 9.88. The van der Waals surface area contributed by atoms with Crippen molar-refractivity contribution in [1.82, 2.24) is 4.90 Å². The third-order valence-corrected chi connectivity index (χ3v) is 5.46. The Morgan fingerprint density at radius 3 is 2.61 bits per heavy atom. The van der Waals surface area contributed by atoms with Crippen molar-refractivity contribution in [3.8, 4) is 0 Å².